The Morgan fingerprint density at radius 1 is 1.14 bits per heavy atom. The van der Waals surface area contributed by atoms with Crippen LogP contribution in [0.4, 0.5) is 4.39 Å². The van der Waals surface area contributed by atoms with Gasteiger partial charge in [0.2, 0.25) is 21.8 Å². The van der Waals surface area contributed by atoms with E-state index in [4.69, 9.17) is 4.74 Å². The van der Waals surface area contributed by atoms with E-state index in [9.17, 15) is 22.4 Å². The minimum absolute atomic E-state index is 0.00280. The summed E-state index contributed by atoms with van der Waals surface area (Å²) in [5.74, 6) is -0.759. The monoisotopic (exact) mass is 598 g/mol. The van der Waals surface area contributed by atoms with Crippen molar-refractivity contribution >= 4 is 48.5 Å². The highest BCUT2D eigenvalue weighted by atomic mass is 32.2. The lowest BCUT2D eigenvalue weighted by atomic mass is 9.91. The van der Waals surface area contributed by atoms with Gasteiger partial charge in [0.1, 0.15) is 33.6 Å². The number of hydrogen-bond donors (Lipinski definition) is 3. The maximum atomic E-state index is 14.4. The van der Waals surface area contributed by atoms with E-state index in [0.29, 0.717) is 30.9 Å². The lowest BCUT2D eigenvalue weighted by Gasteiger charge is -2.30. The molecule has 4 rings (SSSR count). The quantitative estimate of drug-likeness (QED) is 0.266. The first-order chi connectivity index (χ1) is 20.0. The molecule has 0 radical (unpaired) electrons. The second kappa shape index (κ2) is 14.6. The van der Waals surface area contributed by atoms with Crippen LogP contribution in [0.5, 0.6) is 0 Å². The van der Waals surface area contributed by atoms with E-state index in [-0.39, 0.29) is 31.3 Å². The van der Waals surface area contributed by atoms with Crippen LogP contribution in [0.1, 0.15) is 43.2 Å². The van der Waals surface area contributed by atoms with E-state index < -0.39 is 34.1 Å². The largest absolute Gasteiger partial charge is 0.371 e. The molecule has 0 aromatic heterocycles. The third-order valence-electron chi connectivity index (χ3n) is 8.06. The summed E-state index contributed by atoms with van der Waals surface area (Å²) in [5.41, 5.74) is 3.19. The van der Waals surface area contributed by atoms with Gasteiger partial charge in [-0.1, -0.05) is 47.3 Å². The van der Waals surface area contributed by atoms with Gasteiger partial charge in [0, 0.05) is 25.1 Å². The fourth-order valence-electron chi connectivity index (χ4n) is 5.78. The molecule has 2 aromatic carbocycles. The second-order valence-corrected chi connectivity index (χ2v) is 13.5. The third-order valence-corrected chi connectivity index (χ3v) is 8.77. The highest BCUT2D eigenvalue weighted by Gasteiger charge is 2.42. The molecule has 2 fully saturated rings. The maximum Gasteiger partial charge on any atom is 0.243 e. The summed E-state index contributed by atoms with van der Waals surface area (Å²) < 4.78 is 47.5. The molecule has 0 bridgehead atoms. The van der Waals surface area contributed by atoms with Crippen molar-refractivity contribution in [3.8, 4) is 0 Å². The van der Waals surface area contributed by atoms with Crippen LogP contribution >= 0.6 is 0 Å². The molecule has 9 nitrogen and oxygen atoms in total. The number of rotatable bonds is 12. The molecular weight excluding hydrogens is 557 g/mol. The Morgan fingerprint density at radius 2 is 1.88 bits per heavy atom. The Hall–Kier alpha value is -2.73. The number of likely N-dealkylation sites (tertiary alicyclic amines) is 1. The summed E-state index contributed by atoms with van der Waals surface area (Å²) in [7, 11) is 0.0880. The predicted molar refractivity (Wildman–Crippen MR) is 166 cm³/mol. The molecule has 2 aromatic rings. The van der Waals surface area contributed by atoms with Gasteiger partial charge in [-0.3, -0.25) is 9.59 Å². The molecule has 2 heterocycles. The minimum atomic E-state index is -3.69. The van der Waals surface area contributed by atoms with Crippen molar-refractivity contribution in [2.75, 3.05) is 25.9 Å². The first kappa shape index (κ1) is 32.2. The Kier molecular flexibility index (Phi) is 11.2. The number of nitrogens with one attached hydrogen (secondary N) is 3. The Balaban J connectivity index is 1.50. The van der Waals surface area contributed by atoms with Crippen LogP contribution in [0.25, 0.3) is 0 Å². The summed E-state index contributed by atoms with van der Waals surface area (Å²) in [6.07, 6.45) is 3.72. The SMILES string of the molecule is Bc1cccc(CNC(=O)[C@@H]2C[C@@H](OCc3ccc(B)cc3F)CN2C(=O)[C@@H](CCC2CCNCC2)NS(C)(=O)=O)c1. The topological polar surface area (TPSA) is 117 Å². The van der Waals surface area contributed by atoms with E-state index in [0.717, 1.165) is 48.7 Å². The predicted octanol–water partition coefficient (Wildman–Crippen LogP) is -1.16. The number of carbonyl (C=O) groups excluding carboxylic acids is 2. The van der Waals surface area contributed by atoms with Crippen molar-refractivity contribution < 1.29 is 27.1 Å². The van der Waals surface area contributed by atoms with Gasteiger partial charge in [0.25, 0.3) is 0 Å². The van der Waals surface area contributed by atoms with E-state index in [1.165, 1.54) is 11.0 Å². The maximum absolute atomic E-state index is 14.4. The molecule has 42 heavy (non-hydrogen) atoms. The number of hydrogen-bond acceptors (Lipinski definition) is 6. The Bertz CT molecular complexity index is 1360. The lowest BCUT2D eigenvalue weighted by Crippen LogP contribution is -2.53. The summed E-state index contributed by atoms with van der Waals surface area (Å²) in [6, 6.07) is 10.9. The van der Waals surface area contributed by atoms with Crippen molar-refractivity contribution in [3.63, 3.8) is 0 Å². The average Bonchev–Trinajstić information content (AvgIpc) is 3.37. The van der Waals surface area contributed by atoms with Crippen LogP contribution in [0.15, 0.2) is 42.5 Å². The summed E-state index contributed by atoms with van der Waals surface area (Å²) in [5, 5.41) is 6.26. The number of sulfonamides is 1. The highest BCUT2D eigenvalue weighted by Crippen LogP contribution is 2.26. The van der Waals surface area contributed by atoms with Crippen molar-refractivity contribution in [1.29, 1.82) is 0 Å². The molecule has 3 atom stereocenters. The number of amides is 2. The number of ether oxygens (including phenoxy) is 1. The molecule has 0 aliphatic carbocycles. The normalized spacial score (nSPS) is 20.4. The van der Waals surface area contributed by atoms with Gasteiger partial charge in [-0.15, -0.1) is 0 Å². The van der Waals surface area contributed by atoms with Gasteiger partial charge in [-0.2, -0.15) is 0 Å². The standard InChI is InChI=1S/C29H41B2FN4O5S/c1-42(39,40)35-26(8-5-19-9-11-33-12-10-19)29(38)36-17-24(41-18-21-6-7-23(31)14-25(21)32)15-27(36)28(37)34-16-20-3-2-4-22(30)13-20/h2-4,6-7,13-14,19,24,26-27,33,35H,5,8-12,15-18,30-31H2,1H3,(H,34,37)/t24-,26-,27+/m1/s1. The number of piperidine rings is 1. The molecule has 2 saturated heterocycles. The van der Waals surface area contributed by atoms with E-state index in [1.54, 1.807) is 20.0 Å². The zero-order valence-corrected chi connectivity index (χ0v) is 25.5. The molecule has 0 saturated carbocycles. The van der Waals surface area contributed by atoms with Gasteiger partial charge < -0.3 is 20.3 Å². The van der Waals surface area contributed by atoms with Crippen molar-refractivity contribution in [2.24, 2.45) is 5.92 Å². The van der Waals surface area contributed by atoms with Crippen molar-refractivity contribution in [2.45, 2.75) is 63.4 Å². The van der Waals surface area contributed by atoms with Gasteiger partial charge in [-0.05, 0) is 56.3 Å². The van der Waals surface area contributed by atoms with Gasteiger partial charge in [0.15, 0.2) is 0 Å². The molecule has 13 heteroatoms. The highest BCUT2D eigenvalue weighted by molar-refractivity contribution is 7.88. The first-order valence-corrected chi connectivity index (χ1v) is 16.6. The van der Waals surface area contributed by atoms with Crippen LogP contribution in [0.2, 0.25) is 0 Å². The van der Waals surface area contributed by atoms with Crippen LogP contribution in [0, 0.1) is 11.7 Å². The van der Waals surface area contributed by atoms with Crippen LogP contribution < -0.4 is 26.3 Å². The molecule has 2 aliphatic rings. The van der Waals surface area contributed by atoms with Gasteiger partial charge >= 0.3 is 0 Å². The molecular formula is C29H41B2FN4O5S. The zero-order valence-electron chi connectivity index (χ0n) is 24.7. The van der Waals surface area contributed by atoms with Crippen LogP contribution in [-0.4, -0.2) is 84.9 Å². The molecule has 3 N–H and O–H groups in total. The number of benzene rings is 2. The Labute approximate surface area is 250 Å². The van der Waals surface area contributed by atoms with E-state index in [1.807, 2.05) is 32.1 Å². The van der Waals surface area contributed by atoms with E-state index >= 15 is 0 Å². The summed E-state index contributed by atoms with van der Waals surface area (Å²) >= 11 is 0. The van der Waals surface area contributed by atoms with Crippen LogP contribution in [-0.2, 0) is 37.5 Å². The molecule has 226 valence electrons. The first-order valence-electron chi connectivity index (χ1n) is 14.7. The number of carbonyl (C=O) groups is 2. The fraction of sp³-hybridized carbons (Fsp3) is 0.517. The number of nitrogens with zero attached hydrogens (tertiary/aromatic N) is 1. The van der Waals surface area contributed by atoms with Crippen molar-refractivity contribution in [1.82, 2.24) is 20.3 Å². The summed E-state index contributed by atoms with van der Waals surface area (Å²) in [6.45, 7) is 2.19. The molecule has 2 amide bonds. The molecule has 0 unspecified atom stereocenters. The zero-order chi connectivity index (χ0) is 30.3. The smallest absolute Gasteiger partial charge is 0.243 e. The summed E-state index contributed by atoms with van der Waals surface area (Å²) in [4.78, 5) is 28.8. The lowest BCUT2D eigenvalue weighted by molar-refractivity contribution is -0.140. The van der Waals surface area contributed by atoms with Crippen LogP contribution in [0.3, 0.4) is 0 Å². The van der Waals surface area contributed by atoms with Gasteiger partial charge in [0.05, 0.1) is 19.0 Å². The third kappa shape index (κ3) is 9.39. The molecule has 0 spiro atoms. The van der Waals surface area contributed by atoms with Gasteiger partial charge in [-0.25, -0.2) is 17.5 Å². The average molecular weight is 598 g/mol. The minimum Gasteiger partial charge on any atom is -0.371 e. The second-order valence-electron chi connectivity index (χ2n) is 11.7. The van der Waals surface area contributed by atoms with Crippen molar-refractivity contribution in [3.05, 3.63) is 59.4 Å². The van der Waals surface area contributed by atoms with E-state index in [2.05, 4.69) is 15.4 Å². The number of halogens is 1. The fourth-order valence-corrected chi connectivity index (χ4v) is 6.52. The molecule has 2 aliphatic heterocycles. The Morgan fingerprint density at radius 3 is 2.57 bits per heavy atom.